The number of benzene rings is 1. The number of rotatable bonds is 6. The van der Waals surface area contributed by atoms with Crippen molar-refractivity contribution in [2.24, 2.45) is 0 Å². The summed E-state index contributed by atoms with van der Waals surface area (Å²) in [6.07, 6.45) is 0.613. The zero-order chi connectivity index (χ0) is 13.5. The summed E-state index contributed by atoms with van der Waals surface area (Å²) in [6.45, 7) is -0.626. The van der Waals surface area contributed by atoms with Gasteiger partial charge in [-0.25, -0.2) is 4.79 Å². The first-order valence-corrected chi connectivity index (χ1v) is 5.50. The normalized spacial score (nSPS) is 11.8. The molecule has 0 aliphatic heterocycles. The number of aliphatic carboxylic acids is 1. The van der Waals surface area contributed by atoms with Crippen LogP contribution in [0.25, 0.3) is 0 Å². The van der Waals surface area contributed by atoms with Crippen LogP contribution in [-0.4, -0.2) is 34.7 Å². The van der Waals surface area contributed by atoms with E-state index in [-0.39, 0.29) is 6.42 Å². The van der Waals surface area contributed by atoms with Gasteiger partial charge in [-0.2, -0.15) is 0 Å². The van der Waals surface area contributed by atoms with Crippen LogP contribution >= 0.6 is 0 Å². The lowest BCUT2D eigenvalue weighted by molar-refractivity contribution is -0.142. The number of carbonyl (C=O) groups excluding carboxylic acids is 1. The van der Waals surface area contributed by atoms with E-state index in [0.717, 1.165) is 5.56 Å². The fraction of sp³-hybridized carbons (Fsp3) is 0.333. The van der Waals surface area contributed by atoms with Gasteiger partial charge in [-0.3, -0.25) is 4.79 Å². The number of hydrogen-bond acceptors (Lipinski definition) is 4. The fourth-order valence-electron chi connectivity index (χ4n) is 1.46. The molecule has 0 aliphatic rings. The van der Waals surface area contributed by atoms with E-state index in [0.29, 0.717) is 12.1 Å². The van der Waals surface area contributed by atoms with Gasteiger partial charge < -0.3 is 21.3 Å². The highest BCUT2D eigenvalue weighted by Gasteiger charge is 2.18. The second-order valence-electron chi connectivity index (χ2n) is 3.89. The van der Waals surface area contributed by atoms with Gasteiger partial charge in [0.1, 0.15) is 6.04 Å². The number of anilines is 1. The third kappa shape index (κ3) is 4.42. The lowest BCUT2D eigenvalue weighted by Crippen LogP contribution is -2.43. The third-order valence-electron chi connectivity index (χ3n) is 2.41. The molecule has 0 heterocycles. The zero-order valence-corrected chi connectivity index (χ0v) is 9.80. The maximum Gasteiger partial charge on any atom is 0.328 e. The molecule has 5 N–H and O–H groups in total. The molecule has 0 unspecified atom stereocenters. The highest BCUT2D eigenvalue weighted by Crippen LogP contribution is 2.08. The summed E-state index contributed by atoms with van der Waals surface area (Å²) in [4.78, 5) is 22.1. The van der Waals surface area contributed by atoms with Crippen LogP contribution in [0.15, 0.2) is 24.3 Å². The molecule has 1 rings (SSSR count). The molecular weight excluding hydrogens is 236 g/mol. The molecule has 6 nitrogen and oxygen atoms in total. The predicted octanol–water partition coefficient (Wildman–Crippen LogP) is -0.237. The molecule has 0 aliphatic carbocycles. The third-order valence-corrected chi connectivity index (χ3v) is 2.41. The molecule has 0 spiro atoms. The summed E-state index contributed by atoms with van der Waals surface area (Å²) >= 11 is 0. The largest absolute Gasteiger partial charge is 0.480 e. The zero-order valence-electron chi connectivity index (χ0n) is 9.80. The Bertz CT molecular complexity index is 434. The lowest BCUT2D eigenvalue weighted by Gasteiger charge is -2.11. The lowest BCUT2D eigenvalue weighted by atomic mass is 10.1. The summed E-state index contributed by atoms with van der Waals surface area (Å²) < 4.78 is 0. The van der Waals surface area contributed by atoms with Crippen LogP contribution in [0, 0.1) is 0 Å². The van der Waals surface area contributed by atoms with Crippen molar-refractivity contribution in [2.45, 2.75) is 18.9 Å². The number of nitrogens with two attached hydrogens (primary N) is 1. The Morgan fingerprint density at radius 3 is 2.67 bits per heavy atom. The molecule has 1 aromatic carbocycles. The van der Waals surface area contributed by atoms with Gasteiger partial charge >= 0.3 is 5.97 Å². The molecular formula is C12H16N2O4. The van der Waals surface area contributed by atoms with Crippen molar-refractivity contribution in [1.82, 2.24) is 5.32 Å². The van der Waals surface area contributed by atoms with E-state index in [1.54, 1.807) is 18.2 Å². The molecule has 18 heavy (non-hydrogen) atoms. The van der Waals surface area contributed by atoms with Crippen LogP contribution in [-0.2, 0) is 16.0 Å². The molecule has 0 saturated carbocycles. The molecule has 1 aromatic rings. The molecule has 0 fully saturated rings. The number of carboxylic acid groups (broad SMARTS) is 1. The van der Waals surface area contributed by atoms with E-state index in [9.17, 15) is 9.59 Å². The maximum atomic E-state index is 11.5. The van der Waals surface area contributed by atoms with Gasteiger partial charge in [0, 0.05) is 12.1 Å². The summed E-state index contributed by atoms with van der Waals surface area (Å²) in [6, 6.07) is 5.88. The highest BCUT2D eigenvalue weighted by atomic mass is 16.4. The first kappa shape index (κ1) is 14.0. The molecule has 1 amide bonds. The maximum absolute atomic E-state index is 11.5. The van der Waals surface area contributed by atoms with Gasteiger partial charge in [-0.05, 0) is 24.1 Å². The highest BCUT2D eigenvalue weighted by molar-refractivity contribution is 5.83. The minimum absolute atomic E-state index is 0.146. The first-order valence-electron chi connectivity index (χ1n) is 5.50. The summed E-state index contributed by atoms with van der Waals surface area (Å²) in [5.74, 6) is -1.67. The summed E-state index contributed by atoms with van der Waals surface area (Å²) in [5.41, 5.74) is 7.12. The van der Waals surface area contributed by atoms with Crippen molar-refractivity contribution >= 4 is 17.6 Å². The Labute approximate surface area is 104 Å². The van der Waals surface area contributed by atoms with Crippen molar-refractivity contribution in [3.8, 4) is 0 Å². The molecule has 0 bridgehead atoms. The standard InChI is InChI=1S/C12H16N2O4/c13-9-3-1-2-8(6-9)4-5-11(16)14-10(7-15)12(17)18/h1-3,6,10,15H,4-5,7,13H2,(H,14,16)(H,17,18)/t10-/m0/s1. The van der Waals surface area contributed by atoms with E-state index in [1.807, 2.05) is 6.07 Å². The minimum Gasteiger partial charge on any atom is -0.480 e. The van der Waals surface area contributed by atoms with E-state index >= 15 is 0 Å². The second-order valence-corrected chi connectivity index (χ2v) is 3.89. The minimum atomic E-state index is -1.25. The smallest absolute Gasteiger partial charge is 0.328 e. The van der Waals surface area contributed by atoms with Gasteiger partial charge in [-0.15, -0.1) is 0 Å². The number of amides is 1. The van der Waals surface area contributed by atoms with Crippen LogP contribution in [0.5, 0.6) is 0 Å². The number of hydrogen-bond donors (Lipinski definition) is 4. The molecule has 0 aromatic heterocycles. The average Bonchev–Trinajstić information content (AvgIpc) is 2.33. The molecule has 0 saturated heterocycles. The summed E-state index contributed by atoms with van der Waals surface area (Å²) in [7, 11) is 0. The Morgan fingerprint density at radius 2 is 2.11 bits per heavy atom. The fourth-order valence-corrected chi connectivity index (χ4v) is 1.46. The number of nitrogen functional groups attached to an aromatic ring is 1. The van der Waals surface area contributed by atoms with Crippen LogP contribution in [0.1, 0.15) is 12.0 Å². The number of carbonyl (C=O) groups is 2. The van der Waals surface area contributed by atoms with E-state index < -0.39 is 24.5 Å². The van der Waals surface area contributed by atoms with Gasteiger partial charge in [0.15, 0.2) is 0 Å². The Morgan fingerprint density at radius 1 is 1.39 bits per heavy atom. The number of aliphatic hydroxyl groups excluding tert-OH is 1. The van der Waals surface area contributed by atoms with Crippen LogP contribution in [0.2, 0.25) is 0 Å². The Kier molecular flexibility index (Phi) is 5.13. The van der Waals surface area contributed by atoms with E-state index in [4.69, 9.17) is 15.9 Å². The molecule has 6 heteroatoms. The molecule has 0 radical (unpaired) electrons. The van der Waals surface area contributed by atoms with Crippen LogP contribution in [0.3, 0.4) is 0 Å². The number of carboxylic acids is 1. The first-order chi connectivity index (χ1) is 8.52. The SMILES string of the molecule is Nc1cccc(CCC(=O)N[C@@H](CO)C(=O)O)c1. The average molecular weight is 252 g/mol. The second kappa shape index (κ2) is 6.61. The summed E-state index contributed by atoms with van der Waals surface area (Å²) in [5, 5.41) is 19.6. The van der Waals surface area contributed by atoms with Crippen molar-refractivity contribution < 1.29 is 19.8 Å². The number of nitrogens with one attached hydrogen (secondary N) is 1. The monoisotopic (exact) mass is 252 g/mol. The number of aryl methyl sites for hydroxylation is 1. The predicted molar refractivity (Wildman–Crippen MR) is 65.8 cm³/mol. The Balaban J connectivity index is 2.44. The van der Waals surface area contributed by atoms with Gasteiger partial charge in [0.25, 0.3) is 0 Å². The molecule has 98 valence electrons. The van der Waals surface area contributed by atoms with Crippen molar-refractivity contribution in [3.63, 3.8) is 0 Å². The Hall–Kier alpha value is -2.08. The number of aliphatic hydroxyl groups is 1. The quantitative estimate of drug-likeness (QED) is 0.522. The van der Waals surface area contributed by atoms with Crippen LogP contribution in [0.4, 0.5) is 5.69 Å². The van der Waals surface area contributed by atoms with Gasteiger partial charge in [0.2, 0.25) is 5.91 Å². The van der Waals surface area contributed by atoms with Crippen molar-refractivity contribution in [2.75, 3.05) is 12.3 Å². The van der Waals surface area contributed by atoms with E-state index in [2.05, 4.69) is 5.32 Å². The van der Waals surface area contributed by atoms with Crippen molar-refractivity contribution in [1.29, 1.82) is 0 Å². The van der Waals surface area contributed by atoms with Gasteiger partial charge in [-0.1, -0.05) is 12.1 Å². The topological polar surface area (TPSA) is 113 Å². The van der Waals surface area contributed by atoms with Gasteiger partial charge in [0.05, 0.1) is 6.61 Å². The van der Waals surface area contributed by atoms with E-state index in [1.165, 1.54) is 0 Å². The van der Waals surface area contributed by atoms with Crippen molar-refractivity contribution in [3.05, 3.63) is 29.8 Å². The van der Waals surface area contributed by atoms with Crippen LogP contribution < -0.4 is 11.1 Å². The molecule has 1 atom stereocenters.